The Morgan fingerprint density at radius 1 is 1.32 bits per heavy atom. The van der Waals surface area contributed by atoms with Gasteiger partial charge in [-0.05, 0) is 30.5 Å². The quantitative estimate of drug-likeness (QED) is 0.902. The van der Waals surface area contributed by atoms with Crippen LogP contribution in [0.4, 0.5) is 4.79 Å². The molecule has 0 spiro atoms. The number of methoxy groups -OCH3 is 1. The molecule has 2 aromatic rings. The number of nitrogens with zero attached hydrogens (tertiary/aromatic N) is 3. The first kappa shape index (κ1) is 17.0. The molecular weight excluding hydrogens is 320 g/mol. The van der Waals surface area contributed by atoms with Crippen LogP contribution < -0.4 is 14.8 Å². The number of likely N-dealkylation sites (tertiary alicyclic amines) is 1. The molecule has 2 heterocycles. The minimum atomic E-state index is -0.0803. The molecule has 1 N–H and O–H groups in total. The lowest BCUT2D eigenvalue weighted by Gasteiger charge is -2.32. The number of hydrogen-bond acceptors (Lipinski definition) is 5. The second kappa shape index (κ2) is 8.32. The van der Waals surface area contributed by atoms with E-state index in [-0.39, 0.29) is 12.1 Å². The summed E-state index contributed by atoms with van der Waals surface area (Å²) in [4.78, 5) is 22.3. The molecule has 1 aliphatic heterocycles. The molecular formula is C18H22N4O3. The molecule has 1 saturated heterocycles. The summed E-state index contributed by atoms with van der Waals surface area (Å²) in [5.41, 5.74) is 1.03. The van der Waals surface area contributed by atoms with E-state index in [0.29, 0.717) is 19.0 Å². The van der Waals surface area contributed by atoms with Gasteiger partial charge in [-0.1, -0.05) is 12.1 Å². The van der Waals surface area contributed by atoms with E-state index in [1.165, 1.54) is 0 Å². The van der Waals surface area contributed by atoms with Gasteiger partial charge in [0.1, 0.15) is 11.9 Å². The number of rotatable bonds is 5. The van der Waals surface area contributed by atoms with Gasteiger partial charge in [-0.2, -0.15) is 0 Å². The molecule has 2 amide bonds. The first-order valence-corrected chi connectivity index (χ1v) is 8.33. The number of benzene rings is 1. The van der Waals surface area contributed by atoms with Crippen molar-refractivity contribution in [1.29, 1.82) is 0 Å². The molecule has 0 saturated carbocycles. The van der Waals surface area contributed by atoms with Crippen molar-refractivity contribution in [3.8, 4) is 11.6 Å². The molecule has 1 atom stereocenters. The van der Waals surface area contributed by atoms with Crippen LogP contribution in [0.2, 0.25) is 0 Å². The molecule has 1 fully saturated rings. The number of amides is 2. The Kier molecular flexibility index (Phi) is 5.66. The molecule has 0 unspecified atom stereocenters. The Bertz CT molecular complexity index is 678. The van der Waals surface area contributed by atoms with Crippen LogP contribution >= 0.6 is 0 Å². The van der Waals surface area contributed by atoms with Gasteiger partial charge in [0.15, 0.2) is 0 Å². The molecule has 1 aromatic heterocycles. The molecule has 0 aliphatic carbocycles. The summed E-state index contributed by atoms with van der Waals surface area (Å²) < 4.78 is 10.9. The van der Waals surface area contributed by atoms with Gasteiger partial charge in [-0.3, -0.25) is 4.98 Å². The van der Waals surface area contributed by atoms with E-state index in [1.807, 2.05) is 24.3 Å². The molecule has 0 radical (unpaired) electrons. The van der Waals surface area contributed by atoms with E-state index in [4.69, 9.17) is 9.47 Å². The number of hydrogen-bond donors (Lipinski definition) is 1. The minimum absolute atomic E-state index is 0.0582. The van der Waals surface area contributed by atoms with Crippen LogP contribution in [0.5, 0.6) is 11.6 Å². The molecule has 0 bridgehead atoms. The monoisotopic (exact) mass is 342 g/mol. The number of ether oxygens (including phenoxy) is 2. The highest BCUT2D eigenvalue weighted by molar-refractivity contribution is 5.74. The fraction of sp³-hybridized carbons (Fsp3) is 0.389. The Morgan fingerprint density at radius 2 is 2.16 bits per heavy atom. The van der Waals surface area contributed by atoms with Crippen LogP contribution in [-0.4, -0.2) is 47.2 Å². The lowest BCUT2D eigenvalue weighted by atomic mass is 10.1. The van der Waals surface area contributed by atoms with Crippen molar-refractivity contribution in [3.63, 3.8) is 0 Å². The average molecular weight is 342 g/mol. The summed E-state index contributed by atoms with van der Waals surface area (Å²) in [7, 11) is 1.63. The first-order chi connectivity index (χ1) is 12.2. The SMILES string of the molecule is COc1ccc(CNC(=O)N2CCC[C@@H](Oc3cnccn3)C2)cc1. The van der Waals surface area contributed by atoms with Crippen LogP contribution in [0.3, 0.4) is 0 Å². The number of carbonyl (C=O) groups is 1. The maximum Gasteiger partial charge on any atom is 0.317 e. The second-order valence-electron chi connectivity index (χ2n) is 5.88. The maximum atomic E-state index is 12.4. The van der Waals surface area contributed by atoms with E-state index in [2.05, 4.69) is 15.3 Å². The van der Waals surface area contributed by atoms with Crippen LogP contribution in [0.25, 0.3) is 0 Å². The standard InChI is InChI=1S/C18H22N4O3/c1-24-15-6-4-14(5-7-15)11-21-18(23)22-10-2-3-16(13-22)25-17-12-19-8-9-20-17/h4-9,12,16H,2-3,10-11,13H2,1H3,(H,21,23)/t16-/m1/s1. The van der Waals surface area contributed by atoms with Gasteiger partial charge in [-0.25, -0.2) is 9.78 Å². The van der Waals surface area contributed by atoms with Crippen molar-refractivity contribution >= 4 is 6.03 Å². The summed E-state index contributed by atoms with van der Waals surface area (Å²) in [6.07, 6.45) is 6.53. The van der Waals surface area contributed by atoms with Crippen LogP contribution in [-0.2, 0) is 6.54 Å². The number of aromatic nitrogens is 2. The smallest absolute Gasteiger partial charge is 0.317 e. The van der Waals surface area contributed by atoms with Crippen molar-refractivity contribution in [3.05, 3.63) is 48.4 Å². The van der Waals surface area contributed by atoms with Crippen LogP contribution in [0.15, 0.2) is 42.9 Å². The first-order valence-electron chi connectivity index (χ1n) is 8.33. The van der Waals surface area contributed by atoms with E-state index in [9.17, 15) is 4.79 Å². The minimum Gasteiger partial charge on any atom is -0.497 e. The molecule has 1 aromatic carbocycles. The van der Waals surface area contributed by atoms with E-state index < -0.39 is 0 Å². The topological polar surface area (TPSA) is 76.6 Å². The predicted molar refractivity (Wildman–Crippen MR) is 92.5 cm³/mol. The van der Waals surface area contributed by atoms with Crippen molar-refractivity contribution in [2.24, 2.45) is 0 Å². The van der Waals surface area contributed by atoms with E-state index in [1.54, 1.807) is 30.6 Å². The molecule has 25 heavy (non-hydrogen) atoms. The Balaban J connectivity index is 1.49. The van der Waals surface area contributed by atoms with Crippen molar-refractivity contribution in [2.45, 2.75) is 25.5 Å². The van der Waals surface area contributed by atoms with Crippen molar-refractivity contribution < 1.29 is 14.3 Å². The predicted octanol–water partition coefficient (Wildman–Crippen LogP) is 2.24. The van der Waals surface area contributed by atoms with Crippen molar-refractivity contribution in [2.75, 3.05) is 20.2 Å². The van der Waals surface area contributed by atoms with Crippen molar-refractivity contribution in [1.82, 2.24) is 20.2 Å². The van der Waals surface area contributed by atoms with Gasteiger partial charge in [-0.15, -0.1) is 0 Å². The highest BCUT2D eigenvalue weighted by Crippen LogP contribution is 2.16. The summed E-state index contributed by atoms with van der Waals surface area (Å²) in [6.45, 7) is 1.76. The van der Waals surface area contributed by atoms with E-state index >= 15 is 0 Å². The highest BCUT2D eigenvalue weighted by Gasteiger charge is 2.25. The molecule has 1 aliphatic rings. The van der Waals surface area contributed by atoms with Gasteiger partial charge in [0.05, 0.1) is 19.9 Å². The van der Waals surface area contributed by atoms with Crippen LogP contribution in [0.1, 0.15) is 18.4 Å². The summed E-state index contributed by atoms with van der Waals surface area (Å²) in [5.74, 6) is 1.29. The number of nitrogens with one attached hydrogen (secondary N) is 1. The summed E-state index contributed by atoms with van der Waals surface area (Å²) in [5, 5.41) is 2.95. The van der Waals surface area contributed by atoms with Gasteiger partial charge < -0.3 is 19.7 Å². The largest absolute Gasteiger partial charge is 0.497 e. The fourth-order valence-electron chi connectivity index (χ4n) is 2.77. The van der Waals surface area contributed by atoms with Crippen LogP contribution in [0, 0.1) is 0 Å². The highest BCUT2D eigenvalue weighted by atomic mass is 16.5. The zero-order chi connectivity index (χ0) is 17.5. The third-order valence-electron chi connectivity index (χ3n) is 4.10. The summed E-state index contributed by atoms with van der Waals surface area (Å²) >= 11 is 0. The third-order valence-corrected chi connectivity index (χ3v) is 4.10. The zero-order valence-electron chi connectivity index (χ0n) is 14.2. The normalized spacial score (nSPS) is 17.0. The number of piperidine rings is 1. The molecule has 3 rings (SSSR count). The maximum absolute atomic E-state index is 12.4. The lowest BCUT2D eigenvalue weighted by Crippen LogP contribution is -2.48. The zero-order valence-corrected chi connectivity index (χ0v) is 14.2. The average Bonchev–Trinajstić information content (AvgIpc) is 2.67. The third kappa shape index (κ3) is 4.82. The second-order valence-corrected chi connectivity index (χ2v) is 5.88. The lowest BCUT2D eigenvalue weighted by molar-refractivity contribution is 0.0974. The van der Waals surface area contributed by atoms with Gasteiger partial charge >= 0.3 is 6.03 Å². The molecule has 7 nitrogen and oxygen atoms in total. The Morgan fingerprint density at radius 3 is 2.88 bits per heavy atom. The number of carbonyl (C=O) groups excluding carboxylic acids is 1. The van der Waals surface area contributed by atoms with Gasteiger partial charge in [0.25, 0.3) is 0 Å². The summed E-state index contributed by atoms with van der Waals surface area (Å²) in [6, 6.07) is 7.56. The molecule has 132 valence electrons. The molecule has 7 heteroatoms. The van der Waals surface area contributed by atoms with E-state index in [0.717, 1.165) is 30.7 Å². The van der Waals surface area contributed by atoms with Gasteiger partial charge in [0.2, 0.25) is 5.88 Å². The number of urea groups is 1. The fourth-order valence-corrected chi connectivity index (χ4v) is 2.77. The van der Waals surface area contributed by atoms with Gasteiger partial charge in [0, 0.05) is 25.5 Å². The Hall–Kier alpha value is -2.83. The Labute approximate surface area is 147 Å².